The van der Waals surface area contributed by atoms with E-state index < -0.39 is 0 Å². The van der Waals surface area contributed by atoms with Crippen LogP contribution in [0.2, 0.25) is 0 Å². The van der Waals surface area contributed by atoms with Crippen molar-refractivity contribution in [1.29, 1.82) is 0 Å². The van der Waals surface area contributed by atoms with Gasteiger partial charge in [0.05, 0.1) is 12.1 Å². The van der Waals surface area contributed by atoms with Gasteiger partial charge in [-0.25, -0.2) is 0 Å². The highest BCUT2D eigenvalue weighted by atomic mass is 16.2. The molecular weight excluding hydrogens is 226 g/mol. The minimum atomic E-state index is 0.223. The molecule has 1 amide bonds. The van der Waals surface area contributed by atoms with Gasteiger partial charge >= 0.3 is 0 Å². The maximum absolute atomic E-state index is 12.3. The fraction of sp³-hybridized carbons (Fsp3) is 0.714. The van der Waals surface area contributed by atoms with Gasteiger partial charge in [0.1, 0.15) is 0 Å². The summed E-state index contributed by atoms with van der Waals surface area (Å²) < 4.78 is 1.85. The molecule has 4 nitrogen and oxygen atoms in total. The van der Waals surface area contributed by atoms with Crippen molar-refractivity contribution in [1.82, 2.24) is 14.7 Å². The molecule has 0 aliphatic heterocycles. The largest absolute Gasteiger partial charge is 0.342 e. The lowest BCUT2D eigenvalue weighted by Gasteiger charge is -2.24. The summed E-state index contributed by atoms with van der Waals surface area (Å²) in [5.41, 5.74) is 3.16. The van der Waals surface area contributed by atoms with Crippen LogP contribution < -0.4 is 0 Å². The summed E-state index contributed by atoms with van der Waals surface area (Å²) in [5, 5.41) is 4.37. The number of hydrogen-bond acceptors (Lipinski definition) is 2. The Hall–Kier alpha value is -1.32. The topological polar surface area (TPSA) is 38.1 Å². The summed E-state index contributed by atoms with van der Waals surface area (Å²) >= 11 is 0. The van der Waals surface area contributed by atoms with E-state index in [9.17, 15) is 4.79 Å². The van der Waals surface area contributed by atoms with E-state index in [0.29, 0.717) is 12.5 Å². The van der Waals surface area contributed by atoms with Crippen LogP contribution in [-0.4, -0.2) is 33.7 Å². The summed E-state index contributed by atoms with van der Waals surface area (Å²) in [4.78, 5) is 14.2. The van der Waals surface area contributed by atoms with Crippen molar-refractivity contribution in [3.05, 3.63) is 17.0 Å². The lowest BCUT2D eigenvalue weighted by atomic mass is 10.1. The molecule has 0 saturated heterocycles. The van der Waals surface area contributed by atoms with E-state index >= 15 is 0 Å². The van der Waals surface area contributed by atoms with Crippen molar-refractivity contribution in [3.8, 4) is 0 Å². The van der Waals surface area contributed by atoms with Crippen LogP contribution in [0.15, 0.2) is 0 Å². The van der Waals surface area contributed by atoms with Crippen molar-refractivity contribution in [2.75, 3.05) is 7.05 Å². The van der Waals surface area contributed by atoms with Crippen molar-refractivity contribution in [2.45, 2.75) is 52.0 Å². The van der Waals surface area contributed by atoms with Gasteiger partial charge in [0, 0.05) is 31.4 Å². The third-order valence-electron chi connectivity index (χ3n) is 4.25. The molecule has 0 N–H and O–H groups in total. The molecule has 1 aliphatic rings. The second-order valence-corrected chi connectivity index (χ2v) is 5.39. The maximum Gasteiger partial charge on any atom is 0.227 e. The van der Waals surface area contributed by atoms with E-state index in [0.717, 1.165) is 29.8 Å². The van der Waals surface area contributed by atoms with Gasteiger partial charge in [-0.2, -0.15) is 5.10 Å². The average Bonchev–Trinajstić information content (AvgIpc) is 2.93. The number of rotatable bonds is 3. The highest BCUT2D eigenvalue weighted by Gasteiger charge is 2.24. The quantitative estimate of drug-likeness (QED) is 0.821. The minimum Gasteiger partial charge on any atom is -0.342 e. The van der Waals surface area contributed by atoms with Crippen LogP contribution in [0.25, 0.3) is 0 Å². The fourth-order valence-corrected chi connectivity index (χ4v) is 2.84. The predicted octanol–water partition coefficient (Wildman–Crippen LogP) is 1.98. The summed E-state index contributed by atoms with van der Waals surface area (Å²) in [6.45, 7) is 4.00. The molecule has 100 valence electrons. The van der Waals surface area contributed by atoms with Gasteiger partial charge in [-0.15, -0.1) is 0 Å². The van der Waals surface area contributed by atoms with Gasteiger partial charge in [-0.05, 0) is 26.7 Å². The summed E-state index contributed by atoms with van der Waals surface area (Å²) in [6.07, 6.45) is 5.32. The molecule has 4 heteroatoms. The van der Waals surface area contributed by atoms with Gasteiger partial charge < -0.3 is 4.90 Å². The second-order valence-electron chi connectivity index (χ2n) is 5.39. The smallest absolute Gasteiger partial charge is 0.227 e. The molecule has 18 heavy (non-hydrogen) atoms. The summed E-state index contributed by atoms with van der Waals surface area (Å²) in [7, 11) is 3.87. The minimum absolute atomic E-state index is 0.223. The SMILES string of the molecule is Cc1nn(C)c(C)c1CC(=O)N(C)C1CCCC1. The maximum atomic E-state index is 12.3. The zero-order valence-electron chi connectivity index (χ0n) is 11.9. The number of aromatic nitrogens is 2. The molecule has 2 rings (SSSR count). The van der Waals surface area contributed by atoms with Crippen molar-refractivity contribution < 1.29 is 4.79 Å². The molecule has 0 aromatic carbocycles. The van der Waals surface area contributed by atoms with Crippen molar-refractivity contribution >= 4 is 5.91 Å². The first-order valence-corrected chi connectivity index (χ1v) is 6.75. The molecule has 1 fully saturated rings. The normalized spacial score (nSPS) is 16.2. The molecule has 0 radical (unpaired) electrons. The molecular formula is C14H23N3O. The van der Waals surface area contributed by atoms with Crippen LogP contribution >= 0.6 is 0 Å². The lowest BCUT2D eigenvalue weighted by Crippen LogP contribution is -2.36. The van der Waals surface area contributed by atoms with Crippen LogP contribution in [-0.2, 0) is 18.3 Å². The van der Waals surface area contributed by atoms with E-state index in [1.54, 1.807) is 0 Å². The number of hydrogen-bond donors (Lipinski definition) is 0. The molecule has 1 aromatic rings. The Morgan fingerprint density at radius 1 is 1.39 bits per heavy atom. The van der Waals surface area contributed by atoms with Gasteiger partial charge in [0.25, 0.3) is 0 Å². The Morgan fingerprint density at radius 2 is 2.00 bits per heavy atom. The Bertz CT molecular complexity index is 444. The second kappa shape index (κ2) is 5.12. The molecule has 1 heterocycles. The first-order chi connectivity index (χ1) is 8.50. The van der Waals surface area contributed by atoms with Gasteiger partial charge in [0.15, 0.2) is 0 Å². The Kier molecular flexibility index (Phi) is 3.73. The van der Waals surface area contributed by atoms with Crippen LogP contribution in [0.5, 0.6) is 0 Å². The van der Waals surface area contributed by atoms with E-state index in [1.807, 2.05) is 37.5 Å². The molecule has 0 atom stereocenters. The molecule has 0 unspecified atom stereocenters. The highest BCUT2D eigenvalue weighted by Crippen LogP contribution is 2.23. The van der Waals surface area contributed by atoms with Crippen LogP contribution in [0.1, 0.15) is 42.6 Å². The first kappa shape index (κ1) is 13.1. The van der Waals surface area contributed by atoms with Gasteiger partial charge in [0.2, 0.25) is 5.91 Å². The zero-order valence-corrected chi connectivity index (χ0v) is 11.9. The third kappa shape index (κ3) is 2.42. The first-order valence-electron chi connectivity index (χ1n) is 6.75. The highest BCUT2D eigenvalue weighted by molar-refractivity contribution is 5.79. The predicted molar refractivity (Wildman–Crippen MR) is 71.4 cm³/mol. The van der Waals surface area contributed by atoms with Crippen LogP contribution in [0, 0.1) is 13.8 Å². The molecule has 1 aromatic heterocycles. The van der Waals surface area contributed by atoms with Gasteiger partial charge in [-0.1, -0.05) is 12.8 Å². The standard InChI is InChI=1S/C14H23N3O/c1-10-13(11(2)17(4)15-10)9-14(18)16(3)12-7-5-6-8-12/h12H,5-9H2,1-4H3. The zero-order chi connectivity index (χ0) is 13.3. The summed E-state index contributed by atoms with van der Waals surface area (Å²) in [5.74, 6) is 0.223. The third-order valence-corrected chi connectivity index (χ3v) is 4.25. The average molecular weight is 249 g/mol. The monoisotopic (exact) mass is 249 g/mol. The van der Waals surface area contributed by atoms with Crippen molar-refractivity contribution in [2.24, 2.45) is 7.05 Å². The Balaban J connectivity index is 2.06. The number of nitrogens with zero attached hydrogens (tertiary/aromatic N) is 3. The number of carbonyl (C=O) groups excluding carboxylic acids is 1. The molecule has 0 bridgehead atoms. The number of likely N-dealkylation sites (N-methyl/N-ethyl adjacent to an activating group) is 1. The van der Waals surface area contributed by atoms with Gasteiger partial charge in [-0.3, -0.25) is 9.48 Å². The number of amides is 1. The number of aryl methyl sites for hydroxylation is 2. The lowest BCUT2D eigenvalue weighted by molar-refractivity contribution is -0.131. The molecule has 1 aliphatic carbocycles. The Morgan fingerprint density at radius 3 is 2.50 bits per heavy atom. The van der Waals surface area contributed by atoms with E-state index in [2.05, 4.69) is 5.10 Å². The summed E-state index contributed by atoms with van der Waals surface area (Å²) in [6, 6.07) is 0.454. The van der Waals surface area contributed by atoms with E-state index in [1.165, 1.54) is 12.8 Å². The fourth-order valence-electron chi connectivity index (χ4n) is 2.84. The van der Waals surface area contributed by atoms with E-state index in [-0.39, 0.29) is 5.91 Å². The molecule has 0 spiro atoms. The Labute approximate surface area is 109 Å². The molecule has 1 saturated carbocycles. The van der Waals surface area contributed by atoms with Crippen molar-refractivity contribution in [3.63, 3.8) is 0 Å². The van der Waals surface area contributed by atoms with Crippen LogP contribution in [0.3, 0.4) is 0 Å². The number of carbonyl (C=O) groups is 1. The van der Waals surface area contributed by atoms with E-state index in [4.69, 9.17) is 0 Å². The van der Waals surface area contributed by atoms with Crippen LogP contribution in [0.4, 0.5) is 0 Å².